The first-order chi connectivity index (χ1) is 8.16. The summed E-state index contributed by atoms with van der Waals surface area (Å²) < 4.78 is 31.3. The van der Waals surface area contributed by atoms with Crippen molar-refractivity contribution in [3.05, 3.63) is 47.1 Å². The van der Waals surface area contributed by atoms with E-state index in [9.17, 15) is 8.78 Å². The molecule has 0 aliphatic rings. The molecule has 0 spiro atoms. The average Bonchev–Trinajstić information content (AvgIpc) is 2.69. The summed E-state index contributed by atoms with van der Waals surface area (Å²) in [6, 6.07) is 3.77. The van der Waals surface area contributed by atoms with Crippen molar-refractivity contribution in [1.82, 2.24) is 15.5 Å². The predicted molar refractivity (Wildman–Crippen MR) is 55.9 cm³/mol. The highest BCUT2D eigenvalue weighted by molar-refractivity contribution is 5.19. The summed E-state index contributed by atoms with van der Waals surface area (Å²) in [5, 5.41) is 6.50. The third-order valence-corrected chi connectivity index (χ3v) is 2.22. The Hall–Kier alpha value is -1.82. The SMILES string of the molecule is Cc1nc(CNCc2c(F)cccc2F)no1. The molecule has 0 radical (unpaired) electrons. The molecule has 0 saturated carbocycles. The molecule has 4 nitrogen and oxygen atoms in total. The van der Waals surface area contributed by atoms with E-state index in [0.29, 0.717) is 18.3 Å². The van der Waals surface area contributed by atoms with Crippen molar-refractivity contribution >= 4 is 0 Å². The van der Waals surface area contributed by atoms with Gasteiger partial charge in [0.15, 0.2) is 5.82 Å². The summed E-state index contributed by atoms with van der Waals surface area (Å²) in [6.07, 6.45) is 0. The Morgan fingerprint density at radius 2 is 1.94 bits per heavy atom. The lowest BCUT2D eigenvalue weighted by Gasteiger charge is -2.04. The zero-order chi connectivity index (χ0) is 12.3. The van der Waals surface area contributed by atoms with Crippen LogP contribution in [0, 0.1) is 18.6 Å². The molecule has 90 valence electrons. The molecule has 2 rings (SSSR count). The van der Waals surface area contributed by atoms with Crippen molar-refractivity contribution in [2.75, 3.05) is 0 Å². The molecule has 0 aliphatic heterocycles. The molecule has 0 amide bonds. The molecule has 6 heteroatoms. The number of nitrogens with one attached hydrogen (secondary N) is 1. The summed E-state index contributed by atoms with van der Waals surface area (Å²) in [7, 11) is 0. The number of benzene rings is 1. The lowest BCUT2D eigenvalue weighted by molar-refractivity contribution is 0.385. The normalized spacial score (nSPS) is 10.8. The fourth-order valence-corrected chi connectivity index (χ4v) is 1.41. The summed E-state index contributed by atoms with van der Waals surface area (Å²) in [5.41, 5.74) is 0.00715. The minimum Gasteiger partial charge on any atom is -0.340 e. The number of nitrogens with zero attached hydrogens (tertiary/aromatic N) is 2. The molecule has 1 heterocycles. The molecule has 1 aromatic heterocycles. The second-order valence-corrected chi connectivity index (χ2v) is 3.53. The highest BCUT2D eigenvalue weighted by Crippen LogP contribution is 2.11. The Morgan fingerprint density at radius 3 is 2.53 bits per heavy atom. The van der Waals surface area contributed by atoms with Gasteiger partial charge in [-0.25, -0.2) is 8.78 Å². The van der Waals surface area contributed by atoms with Gasteiger partial charge in [-0.3, -0.25) is 0 Å². The van der Waals surface area contributed by atoms with Crippen LogP contribution in [-0.4, -0.2) is 10.1 Å². The molecule has 0 aliphatic carbocycles. The van der Waals surface area contributed by atoms with Crippen molar-refractivity contribution in [2.45, 2.75) is 20.0 Å². The molecule has 1 aromatic carbocycles. The van der Waals surface area contributed by atoms with Crippen LogP contribution in [0.15, 0.2) is 22.7 Å². The molecule has 0 unspecified atom stereocenters. The van der Waals surface area contributed by atoms with E-state index in [0.717, 1.165) is 0 Å². The van der Waals surface area contributed by atoms with E-state index in [1.165, 1.54) is 18.2 Å². The zero-order valence-electron chi connectivity index (χ0n) is 9.20. The van der Waals surface area contributed by atoms with Gasteiger partial charge in [-0.1, -0.05) is 11.2 Å². The van der Waals surface area contributed by atoms with Crippen LogP contribution in [0.3, 0.4) is 0 Å². The number of rotatable bonds is 4. The fourth-order valence-electron chi connectivity index (χ4n) is 1.41. The summed E-state index contributed by atoms with van der Waals surface area (Å²) >= 11 is 0. The largest absolute Gasteiger partial charge is 0.340 e. The second-order valence-electron chi connectivity index (χ2n) is 3.53. The van der Waals surface area contributed by atoms with Gasteiger partial charge in [-0.2, -0.15) is 4.98 Å². The first-order valence-corrected chi connectivity index (χ1v) is 5.09. The Kier molecular flexibility index (Phi) is 3.43. The number of aromatic nitrogens is 2. The Bertz CT molecular complexity index is 493. The third kappa shape index (κ3) is 2.85. The molecular formula is C11H11F2N3O. The zero-order valence-corrected chi connectivity index (χ0v) is 9.20. The van der Waals surface area contributed by atoms with Crippen LogP contribution < -0.4 is 5.32 Å². The monoisotopic (exact) mass is 239 g/mol. The lowest BCUT2D eigenvalue weighted by Crippen LogP contribution is -2.15. The highest BCUT2D eigenvalue weighted by Gasteiger charge is 2.08. The van der Waals surface area contributed by atoms with Crippen LogP contribution in [0.25, 0.3) is 0 Å². The van der Waals surface area contributed by atoms with Crippen LogP contribution in [-0.2, 0) is 13.1 Å². The summed E-state index contributed by atoms with van der Waals surface area (Å²) in [5.74, 6) is -0.221. The predicted octanol–water partition coefficient (Wildman–Crippen LogP) is 1.95. The van der Waals surface area contributed by atoms with Gasteiger partial charge in [-0.05, 0) is 12.1 Å². The first kappa shape index (κ1) is 11.7. The van der Waals surface area contributed by atoms with Gasteiger partial charge in [0.25, 0.3) is 0 Å². The van der Waals surface area contributed by atoms with Crippen LogP contribution in [0.1, 0.15) is 17.3 Å². The van der Waals surface area contributed by atoms with Gasteiger partial charge < -0.3 is 9.84 Å². The van der Waals surface area contributed by atoms with Crippen molar-refractivity contribution in [2.24, 2.45) is 0 Å². The minimum atomic E-state index is -0.568. The number of aryl methyl sites for hydroxylation is 1. The van der Waals surface area contributed by atoms with E-state index < -0.39 is 11.6 Å². The van der Waals surface area contributed by atoms with Crippen LogP contribution in [0.5, 0.6) is 0 Å². The topological polar surface area (TPSA) is 51.0 Å². The first-order valence-electron chi connectivity index (χ1n) is 5.09. The van der Waals surface area contributed by atoms with Gasteiger partial charge in [0.05, 0.1) is 6.54 Å². The Balaban J connectivity index is 1.94. The molecule has 0 saturated heterocycles. The second kappa shape index (κ2) is 5.01. The maximum atomic E-state index is 13.3. The van der Waals surface area contributed by atoms with E-state index in [-0.39, 0.29) is 12.1 Å². The maximum absolute atomic E-state index is 13.3. The average molecular weight is 239 g/mol. The van der Waals surface area contributed by atoms with Gasteiger partial charge in [0.1, 0.15) is 11.6 Å². The van der Waals surface area contributed by atoms with Crippen LogP contribution in [0.2, 0.25) is 0 Å². The van der Waals surface area contributed by atoms with Crippen molar-refractivity contribution < 1.29 is 13.3 Å². The molecule has 17 heavy (non-hydrogen) atoms. The summed E-state index contributed by atoms with van der Waals surface area (Å²) in [6.45, 7) is 2.05. The molecule has 0 atom stereocenters. The molecule has 0 bridgehead atoms. The van der Waals surface area contributed by atoms with Crippen molar-refractivity contribution in [1.29, 1.82) is 0 Å². The smallest absolute Gasteiger partial charge is 0.223 e. The number of hydrogen-bond donors (Lipinski definition) is 1. The van der Waals surface area contributed by atoms with Crippen molar-refractivity contribution in [3.8, 4) is 0 Å². The van der Waals surface area contributed by atoms with Crippen LogP contribution in [0.4, 0.5) is 8.78 Å². The third-order valence-electron chi connectivity index (χ3n) is 2.22. The molecule has 2 aromatic rings. The molecule has 0 fully saturated rings. The van der Waals surface area contributed by atoms with Crippen LogP contribution >= 0.6 is 0 Å². The standard InChI is InChI=1S/C11H11F2N3O/c1-7-15-11(16-17-7)6-14-5-8-9(12)3-2-4-10(8)13/h2-4,14H,5-6H2,1H3. The van der Waals surface area contributed by atoms with Gasteiger partial charge >= 0.3 is 0 Å². The van der Waals surface area contributed by atoms with Crippen molar-refractivity contribution in [3.63, 3.8) is 0 Å². The van der Waals surface area contributed by atoms with E-state index >= 15 is 0 Å². The Labute approximate surface area is 96.6 Å². The van der Waals surface area contributed by atoms with Gasteiger partial charge in [-0.15, -0.1) is 0 Å². The number of halogens is 2. The summed E-state index contributed by atoms with van der Waals surface area (Å²) in [4.78, 5) is 3.96. The van der Waals surface area contributed by atoms with E-state index in [1.54, 1.807) is 6.92 Å². The molecule has 1 N–H and O–H groups in total. The number of hydrogen-bond acceptors (Lipinski definition) is 4. The quantitative estimate of drug-likeness (QED) is 0.885. The molecular weight excluding hydrogens is 228 g/mol. The minimum absolute atomic E-state index is 0.00715. The lowest BCUT2D eigenvalue weighted by atomic mass is 10.2. The van der Waals surface area contributed by atoms with E-state index in [1.807, 2.05) is 0 Å². The Morgan fingerprint density at radius 1 is 1.24 bits per heavy atom. The maximum Gasteiger partial charge on any atom is 0.223 e. The van der Waals surface area contributed by atoms with Gasteiger partial charge in [0, 0.05) is 19.0 Å². The highest BCUT2D eigenvalue weighted by atomic mass is 19.1. The fraction of sp³-hybridized carbons (Fsp3) is 0.273. The van der Waals surface area contributed by atoms with Gasteiger partial charge in [0.2, 0.25) is 5.89 Å². The van der Waals surface area contributed by atoms with E-state index in [2.05, 4.69) is 15.5 Å². The van der Waals surface area contributed by atoms with E-state index in [4.69, 9.17) is 4.52 Å².